The monoisotopic (exact) mass is 553 g/mol. The van der Waals surface area contributed by atoms with Crippen molar-refractivity contribution in [2.24, 2.45) is 0 Å². The summed E-state index contributed by atoms with van der Waals surface area (Å²) in [6.45, 7) is 10.6. The average molecular weight is 554 g/mol. The molecule has 1 aliphatic heterocycles. The van der Waals surface area contributed by atoms with Gasteiger partial charge in [0.1, 0.15) is 0 Å². The quantitative estimate of drug-likeness (QED) is 0.235. The number of carbonyl (C=O) groups excluding carboxylic acids is 1. The molecule has 1 aromatic heterocycles. The van der Waals surface area contributed by atoms with E-state index in [9.17, 15) is 4.79 Å². The summed E-state index contributed by atoms with van der Waals surface area (Å²) in [7, 11) is 3.45. The number of ether oxygens (including phenoxy) is 2. The van der Waals surface area contributed by atoms with Crippen molar-refractivity contribution in [3.8, 4) is 16.9 Å². The number of nitrogens with one attached hydrogen (secondary N) is 3. The van der Waals surface area contributed by atoms with Gasteiger partial charge in [-0.25, -0.2) is 4.79 Å². The number of rotatable bonds is 7. The number of morpholine rings is 1. The van der Waals surface area contributed by atoms with Gasteiger partial charge < -0.3 is 25.4 Å². The molecule has 2 heterocycles. The normalized spacial score (nSPS) is 14.1. The highest BCUT2D eigenvalue weighted by atomic mass is 16.5. The molecule has 1 saturated heterocycles. The van der Waals surface area contributed by atoms with Crippen LogP contribution in [0.25, 0.3) is 21.9 Å². The summed E-state index contributed by atoms with van der Waals surface area (Å²) in [6, 6.07) is 20.0. The molecule has 41 heavy (non-hydrogen) atoms. The Morgan fingerprint density at radius 2 is 1.66 bits per heavy atom. The van der Waals surface area contributed by atoms with E-state index in [1.165, 1.54) is 0 Å². The third-order valence-electron chi connectivity index (χ3n) is 7.47. The van der Waals surface area contributed by atoms with Gasteiger partial charge in [-0.2, -0.15) is 0 Å². The van der Waals surface area contributed by atoms with Crippen LogP contribution in [0.4, 0.5) is 21.9 Å². The van der Waals surface area contributed by atoms with E-state index in [1.54, 1.807) is 7.11 Å². The fraction of sp³-hybridized carbons (Fsp3) is 0.333. The number of carbonyl (C=O) groups is 1. The molecule has 3 aromatic carbocycles. The number of nitrogens with zero attached hydrogens (tertiary/aromatic N) is 2. The molecule has 0 atom stereocenters. The van der Waals surface area contributed by atoms with E-state index < -0.39 is 0 Å². The standard InChI is InChI=1S/C33H39N5O3/c1-33(2,3)23-18-29(34-4)31(40-5)30(19-23)37-32(39)36-28-13-12-25(26-8-6-7-9-27(26)28)22-10-11-24(35-20-22)21-38-14-16-41-17-15-38/h6-13,18-20,34H,14-17,21H2,1-5H3,(H2,36,37,39). The van der Waals surface area contributed by atoms with Gasteiger partial charge in [-0.15, -0.1) is 0 Å². The molecule has 8 nitrogen and oxygen atoms in total. The highest BCUT2D eigenvalue weighted by molar-refractivity contribution is 6.10. The van der Waals surface area contributed by atoms with Crippen LogP contribution in [0.5, 0.6) is 5.75 Å². The van der Waals surface area contributed by atoms with Crippen molar-refractivity contribution < 1.29 is 14.3 Å². The van der Waals surface area contributed by atoms with Gasteiger partial charge in [-0.1, -0.05) is 57.2 Å². The molecular formula is C33H39N5O3. The fourth-order valence-corrected chi connectivity index (χ4v) is 5.16. The van der Waals surface area contributed by atoms with Crippen molar-refractivity contribution in [2.45, 2.75) is 32.7 Å². The second kappa shape index (κ2) is 12.2. The van der Waals surface area contributed by atoms with Gasteiger partial charge in [-0.3, -0.25) is 9.88 Å². The molecule has 0 unspecified atom stereocenters. The Labute approximate surface area is 242 Å². The largest absolute Gasteiger partial charge is 0.492 e. The first-order chi connectivity index (χ1) is 19.8. The van der Waals surface area contributed by atoms with Crippen LogP contribution in [-0.4, -0.2) is 56.4 Å². The van der Waals surface area contributed by atoms with E-state index in [1.807, 2.05) is 49.6 Å². The number of anilines is 3. The minimum absolute atomic E-state index is 0.105. The summed E-state index contributed by atoms with van der Waals surface area (Å²) < 4.78 is 11.1. The number of pyridine rings is 1. The molecule has 1 aliphatic rings. The molecule has 0 radical (unpaired) electrons. The van der Waals surface area contributed by atoms with Crippen molar-refractivity contribution in [3.63, 3.8) is 0 Å². The van der Waals surface area contributed by atoms with E-state index in [2.05, 4.69) is 65.9 Å². The molecule has 5 rings (SSSR count). The molecule has 0 saturated carbocycles. The Bertz CT molecular complexity index is 1520. The molecule has 214 valence electrons. The number of aromatic nitrogens is 1. The number of urea groups is 1. The van der Waals surface area contributed by atoms with Crippen LogP contribution in [0, 0.1) is 0 Å². The predicted molar refractivity (Wildman–Crippen MR) is 167 cm³/mol. The molecule has 0 aliphatic carbocycles. The van der Waals surface area contributed by atoms with E-state index in [0.29, 0.717) is 11.4 Å². The van der Waals surface area contributed by atoms with Gasteiger partial charge in [0.15, 0.2) is 5.75 Å². The van der Waals surface area contributed by atoms with Gasteiger partial charge in [0, 0.05) is 43.8 Å². The van der Waals surface area contributed by atoms with E-state index in [0.717, 1.165) is 77.4 Å². The molecule has 0 spiro atoms. The van der Waals surface area contributed by atoms with Crippen LogP contribution in [0.1, 0.15) is 32.0 Å². The molecule has 0 bridgehead atoms. The lowest BCUT2D eigenvalue weighted by Gasteiger charge is -2.26. The van der Waals surface area contributed by atoms with Crippen LogP contribution in [0.15, 0.2) is 66.9 Å². The van der Waals surface area contributed by atoms with Crippen LogP contribution in [0.3, 0.4) is 0 Å². The first-order valence-electron chi connectivity index (χ1n) is 14.0. The molecule has 4 aromatic rings. The van der Waals surface area contributed by atoms with Crippen molar-refractivity contribution in [2.75, 3.05) is 56.4 Å². The number of hydrogen-bond acceptors (Lipinski definition) is 6. The number of hydrogen-bond donors (Lipinski definition) is 3. The van der Waals surface area contributed by atoms with Crippen molar-refractivity contribution in [3.05, 3.63) is 78.1 Å². The second-order valence-corrected chi connectivity index (χ2v) is 11.3. The number of methoxy groups -OCH3 is 1. The molecule has 2 amide bonds. The van der Waals surface area contributed by atoms with Crippen LogP contribution < -0.4 is 20.7 Å². The van der Waals surface area contributed by atoms with Crippen molar-refractivity contribution in [1.29, 1.82) is 0 Å². The summed E-state index contributed by atoms with van der Waals surface area (Å²) in [4.78, 5) is 20.4. The van der Waals surface area contributed by atoms with Crippen LogP contribution in [-0.2, 0) is 16.7 Å². The summed E-state index contributed by atoms with van der Waals surface area (Å²) in [5.41, 5.74) is 6.26. The zero-order chi connectivity index (χ0) is 29.0. The fourth-order valence-electron chi connectivity index (χ4n) is 5.16. The third-order valence-corrected chi connectivity index (χ3v) is 7.47. The highest BCUT2D eigenvalue weighted by Crippen LogP contribution is 2.39. The Hall–Kier alpha value is -4.14. The smallest absolute Gasteiger partial charge is 0.323 e. The summed E-state index contributed by atoms with van der Waals surface area (Å²) in [5, 5.41) is 11.2. The minimum Gasteiger partial charge on any atom is -0.492 e. The van der Waals surface area contributed by atoms with Gasteiger partial charge in [0.05, 0.1) is 43.1 Å². The van der Waals surface area contributed by atoms with Gasteiger partial charge in [0.25, 0.3) is 0 Å². The average Bonchev–Trinajstić information content (AvgIpc) is 2.97. The van der Waals surface area contributed by atoms with Gasteiger partial charge >= 0.3 is 6.03 Å². The zero-order valence-corrected chi connectivity index (χ0v) is 24.5. The number of benzene rings is 3. The number of fused-ring (bicyclic) bond motifs is 1. The summed E-state index contributed by atoms with van der Waals surface area (Å²) >= 11 is 0. The molecular weight excluding hydrogens is 514 g/mol. The zero-order valence-electron chi connectivity index (χ0n) is 24.5. The van der Waals surface area contributed by atoms with Gasteiger partial charge in [-0.05, 0) is 46.2 Å². The third kappa shape index (κ3) is 6.45. The van der Waals surface area contributed by atoms with Crippen molar-refractivity contribution in [1.82, 2.24) is 9.88 Å². The lowest BCUT2D eigenvalue weighted by molar-refractivity contribution is 0.0336. The molecule has 3 N–H and O–H groups in total. The SMILES string of the molecule is CNc1cc(C(C)(C)C)cc(NC(=O)Nc2ccc(-c3ccc(CN4CCOCC4)nc3)c3ccccc23)c1OC. The Balaban J connectivity index is 1.38. The first-order valence-corrected chi connectivity index (χ1v) is 14.0. The van der Waals surface area contributed by atoms with Gasteiger partial charge in [0.2, 0.25) is 0 Å². The topological polar surface area (TPSA) is 87.8 Å². The lowest BCUT2D eigenvalue weighted by Crippen LogP contribution is -2.35. The Kier molecular flexibility index (Phi) is 8.42. The second-order valence-electron chi connectivity index (χ2n) is 11.3. The Morgan fingerprint density at radius 1 is 0.951 bits per heavy atom. The predicted octanol–water partition coefficient (Wildman–Crippen LogP) is 6.73. The van der Waals surface area contributed by atoms with Crippen molar-refractivity contribution >= 4 is 33.9 Å². The van der Waals surface area contributed by atoms with Crippen LogP contribution in [0.2, 0.25) is 0 Å². The lowest BCUT2D eigenvalue weighted by atomic mass is 9.86. The Morgan fingerprint density at radius 3 is 2.32 bits per heavy atom. The van der Waals surface area contributed by atoms with E-state index in [-0.39, 0.29) is 11.4 Å². The maximum Gasteiger partial charge on any atom is 0.323 e. The first kappa shape index (κ1) is 28.4. The summed E-state index contributed by atoms with van der Waals surface area (Å²) in [5.74, 6) is 0.584. The maximum absolute atomic E-state index is 13.3. The maximum atomic E-state index is 13.3. The minimum atomic E-state index is -0.344. The molecule has 8 heteroatoms. The highest BCUT2D eigenvalue weighted by Gasteiger charge is 2.21. The van der Waals surface area contributed by atoms with E-state index in [4.69, 9.17) is 14.5 Å². The number of amides is 2. The van der Waals surface area contributed by atoms with E-state index >= 15 is 0 Å². The summed E-state index contributed by atoms with van der Waals surface area (Å²) in [6.07, 6.45) is 1.94. The van der Waals surface area contributed by atoms with Crippen LogP contribution >= 0.6 is 0 Å². The molecule has 1 fully saturated rings.